The number of hydrogen-bond donors (Lipinski definition) is 1. The third-order valence-electron chi connectivity index (χ3n) is 3.65. The van der Waals surface area contributed by atoms with Gasteiger partial charge in [0, 0.05) is 24.9 Å². The first-order valence-electron chi connectivity index (χ1n) is 6.12. The molecule has 2 aliphatic rings. The Morgan fingerprint density at radius 3 is 2.78 bits per heavy atom. The van der Waals surface area contributed by atoms with E-state index in [4.69, 9.17) is 0 Å². The first kappa shape index (κ1) is 11.2. The third kappa shape index (κ3) is 1.75. The molecule has 2 atom stereocenters. The first-order chi connectivity index (χ1) is 8.68. The summed E-state index contributed by atoms with van der Waals surface area (Å²) in [6.07, 6.45) is 5.38. The first-order valence-corrected chi connectivity index (χ1v) is 6.12. The smallest absolute Gasteiger partial charge is 0.309 e. The summed E-state index contributed by atoms with van der Waals surface area (Å²) in [7, 11) is 0. The molecule has 3 rings (SSSR count). The molecule has 2 fully saturated rings. The van der Waals surface area contributed by atoms with Gasteiger partial charge in [-0.1, -0.05) is 6.07 Å². The summed E-state index contributed by atoms with van der Waals surface area (Å²) < 4.78 is 0. The molecule has 1 aromatic rings. The van der Waals surface area contributed by atoms with E-state index >= 15 is 0 Å². The molecule has 2 heterocycles. The molecule has 18 heavy (non-hydrogen) atoms. The van der Waals surface area contributed by atoms with E-state index in [-0.39, 0.29) is 24.4 Å². The van der Waals surface area contributed by atoms with E-state index in [1.807, 2.05) is 6.07 Å². The highest BCUT2D eigenvalue weighted by molar-refractivity contribution is 5.87. The van der Waals surface area contributed by atoms with Crippen molar-refractivity contribution in [3.05, 3.63) is 30.1 Å². The van der Waals surface area contributed by atoms with Gasteiger partial charge >= 0.3 is 5.97 Å². The number of rotatable bonds is 3. The molecule has 0 spiro atoms. The normalized spacial score (nSPS) is 27.6. The second-order valence-electron chi connectivity index (χ2n) is 4.91. The van der Waals surface area contributed by atoms with Crippen LogP contribution in [0.1, 0.15) is 30.9 Å². The summed E-state index contributed by atoms with van der Waals surface area (Å²) in [5.74, 6) is -1.60. The number of aliphatic carboxylic acids is 1. The van der Waals surface area contributed by atoms with Crippen LogP contribution in [0.5, 0.6) is 0 Å². The van der Waals surface area contributed by atoms with Gasteiger partial charge in [-0.25, -0.2) is 0 Å². The van der Waals surface area contributed by atoms with Gasteiger partial charge in [0.05, 0.1) is 12.0 Å². The monoisotopic (exact) mass is 246 g/mol. The Hall–Kier alpha value is -1.91. The van der Waals surface area contributed by atoms with Gasteiger partial charge in [-0.05, 0) is 24.5 Å². The molecule has 5 nitrogen and oxygen atoms in total. The van der Waals surface area contributed by atoms with Crippen LogP contribution in [0.2, 0.25) is 0 Å². The minimum Gasteiger partial charge on any atom is -0.481 e. The summed E-state index contributed by atoms with van der Waals surface area (Å²) in [4.78, 5) is 29.1. The molecular weight excluding hydrogens is 232 g/mol. The Balaban J connectivity index is 1.99. The van der Waals surface area contributed by atoms with Gasteiger partial charge in [0.2, 0.25) is 5.91 Å². The maximum Gasteiger partial charge on any atom is 0.309 e. The number of pyridine rings is 1. The predicted molar refractivity (Wildman–Crippen MR) is 62.6 cm³/mol. The standard InChI is InChI=1S/C13H14N2O3/c16-11-6-10(13(17)18)12(15(11)9-3-4-9)8-2-1-5-14-7-8/h1-2,5,7,9-10,12H,3-4,6H2,(H,17,18)/t10-,12+/m0/s1. The quantitative estimate of drug-likeness (QED) is 0.870. The van der Waals surface area contributed by atoms with Crippen LogP contribution in [-0.2, 0) is 9.59 Å². The third-order valence-corrected chi connectivity index (χ3v) is 3.65. The molecule has 1 N–H and O–H groups in total. The van der Waals surface area contributed by atoms with Gasteiger partial charge in [0.1, 0.15) is 0 Å². The lowest BCUT2D eigenvalue weighted by molar-refractivity contribution is -0.142. The number of amides is 1. The zero-order valence-corrected chi connectivity index (χ0v) is 9.82. The molecule has 0 aromatic carbocycles. The number of hydrogen-bond acceptors (Lipinski definition) is 3. The Morgan fingerprint density at radius 2 is 2.22 bits per heavy atom. The van der Waals surface area contributed by atoms with Crippen LogP contribution in [0.3, 0.4) is 0 Å². The van der Waals surface area contributed by atoms with Crippen molar-refractivity contribution in [2.24, 2.45) is 5.92 Å². The lowest BCUT2D eigenvalue weighted by atomic mass is 9.95. The predicted octanol–water partition coefficient (Wildman–Crippen LogP) is 1.22. The fourth-order valence-corrected chi connectivity index (χ4v) is 2.70. The summed E-state index contributed by atoms with van der Waals surface area (Å²) >= 11 is 0. The van der Waals surface area contributed by atoms with Crippen molar-refractivity contribution in [2.45, 2.75) is 31.3 Å². The van der Waals surface area contributed by atoms with E-state index in [9.17, 15) is 14.7 Å². The fourth-order valence-electron chi connectivity index (χ4n) is 2.70. The molecule has 0 radical (unpaired) electrons. The minimum absolute atomic E-state index is 0.0428. The van der Waals surface area contributed by atoms with Gasteiger partial charge in [-0.15, -0.1) is 0 Å². The van der Waals surface area contributed by atoms with Crippen molar-refractivity contribution in [2.75, 3.05) is 0 Å². The number of carboxylic acids is 1. The second kappa shape index (κ2) is 4.08. The number of carbonyl (C=O) groups is 2. The molecule has 5 heteroatoms. The zero-order chi connectivity index (χ0) is 12.7. The average Bonchev–Trinajstić information content (AvgIpc) is 3.13. The van der Waals surface area contributed by atoms with Crippen molar-refractivity contribution >= 4 is 11.9 Å². The van der Waals surface area contributed by atoms with Crippen molar-refractivity contribution in [1.29, 1.82) is 0 Å². The molecule has 0 bridgehead atoms. The second-order valence-corrected chi connectivity index (χ2v) is 4.91. The molecule has 94 valence electrons. The van der Waals surface area contributed by atoms with Crippen molar-refractivity contribution in [3.63, 3.8) is 0 Å². The van der Waals surface area contributed by atoms with Gasteiger partial charge in [0.15, 0.2) is 0 Å². The summed E-state index contributed by atoms with van der Waals surface area (Å²) in [6, 6.07) is 3.51. The summed E-state index contributed by atoms with van der Waals surface area (Å²) in [5.41, 5.74) is 0.822. The lowest BCUT2D eigenvalue weighted by Crippen LogP contribution is -2.32. The van der Waals surface area contributed by atoms with Gasteiger partial charge in [-0.2, -0.15) is 0 Å². The Morgan fingerprint density at radius 1 is 1.44 bits per heavy atom. The van der Waals surface area contributed by atoms with E-state index in [2.05, 4.69) is 4.98 Å². The fraction of sp³-hybridized carbons (Fsp3) is 0.462. The lowest BCUT2D eigenvalue weighted by Gasteiger charge is -2.26. The Kier molecular flexibility index (Phi) is 2.54. The van der Waals surface area contributed by atoms with Crippen LogP contribution in [0, 0.1) is 5.92 Å². The van der Waals surface area contributed by atoms with Crippen LogP contribution >= 0.6 is 0 Å². The van der Waals surface area contributed by atoms with Gasteiger partial charge in [-0.3, -0.25) is 14.6 Å². The Labute approximate surface area is 104 Å². The summed E-state index contributed by atoms with van der Waals surface area (Å²) in [5, 5.41) is 9.28. The molecule has 1 saturated carbocycles. The Bertz CT molecular complexity index is 484. The molecule has 1 saturated heterocycles. The van der Waals surface area contributed by atoms with Crippen LogP contribution in [0.4, 0.5) is 0 Å². The van der Waals surface area contributed by atoms with Gasteiger partial charge in [0.25, 0.3) is 0 Å². The maximum absolute atomic E-state index is 12.0. The van der Waals surface area contributed by atoms with E-state index in [1.165, 1.54) is 0 Å². The van der Waals surface area contributed by atoms with Crippen molar-refractivity contribution in [1.82, 2.24) is 9.88 Å². The van der Waals surface area contributed by atoms with Crippen LogP contribution in [-0.4, -0.2) is 32.9 Å². The number of carboxylic acid groups (broad SMARTS) is 1. The average molecular weight is 246 g/mol. The van der Waals surface area contributed by atoms with E-state index in [0.717, 1.165) is 18.4 Å². The summed E-state index contributed by atoms with van der Waals surface area (Å²) in [6.45, 7) is 0. The number of aromatic nitrogens is 1. The minimum atomic E-state index is -0.902. The van der Waals surface area contributed by atoms with Crippen molar-refractivity contribution < 1.29 is 14.7 Å². The molecule has 1 aliphatic heterocycles. The maximum atomic E-state index is 12.0. The van der Waals surface area contributed by atoms with Crippen LogP contribution < -0.4 is 0 Å². The SMILES string of the molecule is O=C(O)[C@H]1CC(=O)N(C2CC2)[C@@H]1c1cccnc1. The van der Waals surface area contributed by atoms with Crippen molar-refractivity contribution in [3.8, 4) is 0 Å². The molecule has 1 aliphatic carbocycles. The number of nitrogens with zero attached hydrogens (tertiary/aromatic N) is 2. The highest BCUT2D eigenvalue weighted by atomic mass is 16.4. The van der Waals surface area contributed by atoms with Gasteiger partial charge < -0.3 is 10.0 Å². The molecule has 1 aromatic heterocycles. The topological polar surface area (TPSA) is 70.5 Å². The number of carbonyl (C=O) groups excluding carboxylic acids is 1. The van der Waals surface area contributed by atoms with Crippen LogP contribution in [0.25, 0.3) is 0 Å². The highest BCUT2D eigenvalue weighted by Gasteiger charge is 2.49. The largest absolute Gasteiger partial charge is 0.481 e. The molecule has 0 unspecified atom stereocenters. The number of likely N-dealkylation sites (tertiary alicyclic amines) is 1. The van der Waals surface area contributed by atoms with E-state index < -0.39 is 11.9 Å². The zero-order valence-electron chi connectivity index (χ0n) is 9.82. The highest BCUT2D eigenvalue weighted by Crippen LogP contribution is 2.44. The van der Waals surface area contributed by atoms with Crippen LogP contribution in [0.15, 0.2) is 24.5 Å². The van der Waals surface area contributed by atoms with E-state index in [1.54, 1.807) is 23.4 Å². The molecule has 1 amide bonds. The van der Waals surface area contributed by atoms with E-state index in [0.29, 0.717) is 0 Å². The molecular formula is C13H14N2O3.